The SMILES string of the molecule is C#CCONC1CCCN(C)CC1. The first-order valence-corrected chi connectivity index (χ1v) is 4.82. The zero-order valence-electron chi connectivity index (χ0n) is 8.25. The van der Waals surface area contributed by atoms with Crippen LogP contribution in [0.15, 0.2) is 0 Å². The summed E-state index contributed by atoms with van der Waals surface area (Å²) >= 11 is 0. The maximum Gasteiger partial charge on any atom is 0.128 e. The predicted molar refractivity (Wildman–Crippen MR) is 53.1 cm³/mol. The Labute approximate surface area is 80.4 Å². The van der Waals surface area contributed by atoms with Crippen LogP contribution in [0.3, 0.4) is 0 Å². The van der Waals surface area contributed by atoms with E-state index in [4.69, 9.17) is 11.3 Å². The Morgan fingerprint density at radius 3 is 3.15 bits per heavy atom. The molecule has 0 aliphatic carbocycles. The number of hydroxylamine groups is 1. The van der Waals surface area contributed by atoms with Crippen molar-refractivity contribution in [2.75, 3.05) is 26.7 Å². The van der Waals surface area contributed by atoms with Crippen LogP contribution in [-0.4, -0.2) is 37.7 Å². The van der Waals surface area contributed by atoms with Crippen LogP contribution in [0.5, 0.6) is 0 Å². The summed E-state index contributed by atoms with van der Waals surface area (Å²) in [5, 5.41) is 0. The average molecular weight is 182 g/mol. The first-order valence-electron chi connectivity index (χ1n) is 4.82. The van der Waals surface area contributed by atoms with E-state index in [1.54, 1.807) is 0 Å². The van der Waals surface area contributed by atoms with Gasteiger partial charge in [0.15, 0.2) is 0 Å². The summed E-state index contributed by atoms with van der Waals surface area (Å²) in [6.45, 7) is 2.68. The van der Waals surface area contributed by atoms with Gasteiger partial charge in [0.25, 0.3) is 0 Å². The van der Waals surface area contributed by atoms with E-state index < -0.39 is 0 Å². The van der Waals surface area contributed by atoms with E-state index in [1.807, 2.05) is 0 Å². The predicted octanol–water partition coefficient (Wildman–Crippen LogP) is 0.625. The molecule has 3 heteroatoms. The summed E-state index contributed by atoms with van der Waals surface area (Å²) in [6, 6.07) is 0.471. The zero-order valence-corrected chi connectivity index (χ0v) is 8.25. The minimum Gasteiger partial charge on any atom is -0.306 e. The lowest BCUT2D eigenvalue weighted by molar-refractivity contribution is 0.0344. The van der Waals surface area contributed by atoms with E-state index >= 15 is 0 Å². The van der Waals surface area contributed by atoms with Crippen LogP contribution in [0.4, 0.5) is 0 Å². The minimum absolute atomic E-state index is 0.354. The fourth-order valence-corrected chi connectivity index (χ4v) is 1.56. The van der Waals surface area contributed by atoms with Crippen molar-refractivity contribution < 1.29 is 4.84 Å². The summed E-state index contributed by atoms with van der Waals surface area (Å²) in [4.78, 5) is 7.46. The Kier molecular flexibility index (Phi) is 4.84. The highest BCUT2D eigenvalue weighted by molar-refractivity contribution is 4.82. The summed E-state index contributed by atoms with van der Waals surface area (Å²) in [6.07, 6.45) is 8.62. The largest absolute Gasteiger partial charge is 0.306 e. The standard InChI is InChI=1S/C10H18N2O/c1-3-9-13-11-10-5-4-7-12(2)8-6-10/h1,10-11H,4-9H2,2H3. The molecule has 0 saturated carbocycles. The van der Waals surface area contributed by atoms with E-state index in [0.717, 1.165) is 13.0 Å². The van der Waals surface area contributed by atoms with Gasteiger partial charge in [0.1, 0.15) is 6.61 Å². The monoisotopic (exact) mass is 182 g/mol. The molecule has 1 atom stereocenters. The molecule has 1 heterocycles. The molecule has 1 unspecified atom stereocenters. The Balaban J connectivity index is 2.15. The molecule has 1 aliphatic heterocycles. The molecular formula is C10H18N2O. The molecule has 74 valence electrons. The van der Waals surface area contributed by atoms with Crippen LogP contribution >= 0.6 is 0 Å². The first kappa shape index (κ1) is 10.5. The third kappa shape index (κ3) is 4.28. The molecule has 0 amide bonds. The normalized spacial score (nSPS) is 25.1. The van der Waals surface area contributed by atoms with Gasteiger partial charge in [-0.1, -0.05) is 5.92 Å². The van der Waals surface area contributed by atoms with Crippen LogP contribution in [0.25, 0.3) is 0 Å². The fourth-order valence-electron chi connectivity index (χ4n) is 1.56. The first-order chi connectivity index (χ1) is 6.33. The highest BCUT2D eigenvalue weighted by Crippen LogP contribution is 2.09. The molecule has 1 N–H and O–H groups in total. The maximum atomic E-state index is 5.11. The number of terminal acetylenes is 1. The Morgan fingerprint density at radius 1 is 1.54 bits per heavy atom. The lowest BCUT2D eigenvalue weighted by atomic mass is 10.1. The number of nitrogens with one attached hydrogen (secondary N) is 1. The van der Waals surface area contributed by atoms with Gasteiger partial charge in [-0.25, -0.2) is 0 Å². The molecule has 1 rings (SSSR count). The van der Waals surface area contributed by atoms with Crippen molar-refractivity contribution >= 4 is 0 Å². The van der Waals surface area contributed by atoms with E-state index in [2.05, 4.69) is 23.3 Å². The van der Waals surface area contributed by atoms with Crippen LogP contribution in [0.1, 0.15) is 19.3 Å². The number of likely N-dealkylation sites (tertiary alicyclic amines) is 1. The highest BCUT2D eigenvalue weighted by atomic mass is 16.6. The van der Waals surface area contributed by atoms with Crippen molar-refractivity contribution in [3.8, 4) is 12.3 Å². The van der Waals surface area contributed by atoms with Crippen molar-refractivity contribution in [3.05, 3.63) is 0 Å². The van der Waals surface area contributed by atoms with Crippen molar-refractivity contribution in [2.24, 2.45) is 0 Å². The number of hydrogen-bond acceptors (Lipinski definition) is 3. The fraction of sp³-hybridized carbons (Fsp3) is 0.800. The quantitative estimate of drug-likeness (QED) is 0.393. The third-order valence-electron chi connectivity index (χ3n) is 2.36. The van der Waals surface area contributed by atoms with Crippen LogP contribution < -0.4 is 5.48 Å². The molecule has 0 aromatic rings. The molecule has 13 heavy (non-hydrogen) atoms. The zero-order chi connectivity index (χ0) is 9.52. The van der Waals surface area contributed by atoms with Gasteiger partial charge in [0.05, 0.1) is 0 Å². The molecule has 0 aromatic carbocycles. The van der Waals surface area contributed by atoms with Gasteiger partial charge in [-0.3, -0.25) is 4.84 Å². The minimum atomic E-state index is 0.354. The van der Waals surface area contributed by atoms with Gasteiger partial charge in [-0.2, -0.15) is 5.48 Å². The van der Waals surface area contributed by atoms with Crippen molar-refractivity contribution in [1.29, 1.82) is 0 Å². The molecule has 1 aliphatic rings. The van der Waals surface area contributed by atoms with Crippen molar-refractivity contribution in [1.82, 2.24) is 10.4 Å². The lowest BCUT2D eigenvalue weighted by Crippen LogP contribution is -2.30. The summed E-state index contributed by atoms with van der Waals surface area (Å²) in [5.74, 6) is 2.44. The van der Waals surface area contributed by atoms with Gasteiger partial charge in [-0.05, 0) is 39.4 Å². The van der Waals surface area contributed by atoms with Crippen LogP contribution in [0, 0.1) is 12.3 Å². The highest BCUT2D eigenvalue weighted by Gasteiger charge is 2.13. The number of nitrogens with zero attached hydrogens (tertiary/aromatic N) is 1. The molecule has 0 radical (unpaired) electrons. The van der Waals surface area contributed by atoms with Gasteiger partial charge < -0.3 is 4.90 Å². The molecule has 1 saturated heterocycles. The lowest BCUT2D eigenvalue weighted by Gasteiger charge is -2.15. The van der Waals surface area contributed by atoms with Gasteiger partial charge >= 0.3 is 0 Å². The molecule has 3 nitrogen and oxygen atoms in total. The van der Waals surface area contributed by atoms with Crippen LogP contribution in [0.2, 0.25) is 0 Å². The second-order valence-corrected chi connectivity index (χ2v) is 3.54. The second kappa shape index (κ2) is 5.98. The van der Waals surface area contributed by atoms with Gasteiger partial charge in [0.2, 0.25) is 0 Å². The van der Waals surface area contributed by atoms with Gasteiger partial charge in [0, 0.05) is 6.04 Å². The van der Waals surface area contributed by atoms with E-state index in [9.17, 15) is 0 Å². The molecule has 1 fully saturated rings. The van der Waals surface area contributed by atoms with Crippen molar-refractivity contribution in [3.63, 3.8) is 0 Å². The maximum absolute atomic E-state index is 5.11. The number of rotatable bonds is 3. The smallest absolute Gasteiger partial charge is 0.128 e. The summed E-state index contributed by atoms with van der Waals surface area (Å²) in [7, 11) is 2.16. The third-order valence-corrected chi connectivity index (χ3v) is 2.36. The molecule has 0 bridgehead atoms. The molecule has 0 spiro atoms. The topological polar surface area (TPSA) is 24.5 Å². The Bertz CT molecular complexity index is 176. The van der Waals surface area contributed by atoms with Gasteiger partial charge in [-0.15, -0.1) is 6.42 Å². The molecular weight excluding hydrogens is 164 g/mol. The van der Waals surface area contributed by atoms with E-state index in [0.29, 0.717) is 12.6 Å². The van der Waals surface area contributed by atoms with Crippen molar-refractivity contribution in [2.45, 2.75) is 25.3 Å². The van der Waals surface area contributed by atoms with E-state index in [1.165, 1.54) is 19.4 Å². The Morgan fingerprint density at radius 2 is 2.38 bits per heavy atom. The average Bonchev–Trinajstić information content (AvgIpc) is 2.32. The number of hydrogen-bond donors (Lipinski definition) is 1. The Hall–Kier alpha value is -0.560. The second-order valence-electron chi connectivity index (χ2n) is 3.54. The summed E-state index contributed by atoms with van der Waals surface area (Å²) in [5.41, 5.74) is 3.01. The molecule has 0 aromatic heterocycles. The van der Waals surface area contributed by atoms with E-state index in [-0.39, 0.29) is 0 Å². The summed E-state index contributed by atoms with van der Waals surface area (Å²) < 4.78 is 0. The van der Waals surface area contributed by atoms with Crippen LogP contribution in [-0.2, 0) is 4.84 Å².